The number of carbonyl (C=O) groups is 2. The lowest BCUT2D eigenvalue weighted by Gasteiger charge is -2.30. The molecule has 1 unspecified atom stereocenters. The van der Waals surface area contributed by atoms with Crippen LogP contribution in [0, 0.1) is 17.0 Å². The zero-order valence-electron chi connectivity index (χ0n) is 15.4. The fourth-order valence-corrected chi connectivity index (χ4v) is 3.07. The topological polar surface area (TPSA) is 99.0 Å². The Morgan fingerprint density at radius 2 is 1.79 bits per heavy atom. The summed E-state index contributed by atoms with van der Waals surface area (Å²) in [6, 6.07) is 12.9. The van der Waals surface area contributed by atoms with E-state index in [1.54, 1.807) is 48.2 Å². The summed E-state index contributed by atoms with van der Waals surface area (Å²) >= 11 is 0. The van der Waals surface area contributed by atoms with E-state index >= 15 is 0 Å². The van der Waals surface area contributed by atoms with Crippen LogP contribution in [0.25, 0.3) is 0 Å². The molecular weight excluding hydrogens is 364 g/mol. The second-order valence-corrected chi connectivity index (χ2v) is 6.36. The van der Waals surface area contributed by atoms with Crippen LogP contribution >= 0.6 is 0 Å². The first-order valence-corrected chi connectivity index (χ1v) is 8.85. The molecule has 3 rings (SSSR count). The van der Waals surface area contributed by atoms with Crippen molar-refractivity contribution in [3.63, 3.8) is 0 Å². The minimum absolute atomic E-state index is 0.150. The number of nitro groups is 1. The first-order chi connectivity index (χ1) is 13.5. The fraction of sp³-hybridized carbons (Fsp3) is 0.300. The molecule has 0 radical (unpaired) electrons. The van der Waals surface area contributed by atoms with Gasteiger partial charge in [0.1, 0.15) is 5.56 Å². The Balaban J connectivity index is 1.93. The number of nitro benzene ring substituents is 1. The van der Waals surface area contributed by atoms with Crippen molar-refractivity contribution in [3.8, 4) is 0 Å². The van der Waals surface area contributed by atoms with E-state index < -0.39 is 17.0 Å². The minimum Gasteiger partial charge on any atom is -0.443 e. The van der Waals surface area contributed by atoms with Gasteiger partial charge in [0.25, 0.3) is 11.6 Å². The summed E-state index contributed by atoms with van der Waals surface area (Å²) in [7, 11) is 0. The van der Waals surface area contributed by atoms with Crippen LogP contribution in [0.1, 0.15) is 27.6 Å². The maximum Gasteiger partial charge on any atom is 0.346 e. The molecule has 28 heavy (non-hydrogen) atoms. The molecule has 1 aliphatic rings. The fourth-order valence-electron chi connectivity index (χ4n) is 3.07. The minimum atomic E-state index is -1.19. The molecule has 1 atom stereocenters. The number of nitrogens with zero attached hydrogens (tertiary/aromatic N) is 2. The van der Waals surface area contributed by atoms with Gasteiger partial charge in [-0.3, -0.25) is 14.9 Å². The molecular formula is C20H20N2O6. The Bertz CT molecular complexity index is 878. The molecule has 1 saturated heterocycles. The third-order valence-electron chi connectivity index (χ3n) is 4.53. The van der Waals surface area contributed by atoms with Crippen molar-refractivity contribution >= 4 is 17.6 Å². The van der Waals surface area contributed by atoms with Gasteiger partial charge in [0.05, 0.1) is 18.1 Å². The van der Waals surface area contributed by atoms with E-state index in [0.717, 1.165) is 0 Å². The third-order valence-corrected chi connectivity index (χ3v) is 4.53. The number of esters is 1. The van der Waals surface area contributed by atoms with Gasteiger partial charge in [-0.2, -0.15) is 0 Å². The molecule has 0 aliphatic carbocycles. The molecule has 8 heteroatoms. The van der Waals surface area contributed by atoms with Crippen molar-refractivity contribution in [3.05, 3.63) is 75.3 Å². The van der Waals surface area contributed by atoms with Crippen LogP contribution in [-0.4, -0.2) is 48.0 Å². The third kappa shape index (κ3) is 4.17. The Labute approximate surface area is 161 Å². The summed E-state index contributed by atoms with van der Waals surface area (Å²) in [6.45, 7) is 3.19. The maximum atomic E-state index is 13.0. The summed E-state index contributed by atoms with van der Waals surface area (Å²) in [5.74, 6) is -1.28. The Morgan fingerprint density at radius 1 is 1.11 bits per heavy atom. The average Bonchev–Trinajstić information content (AvgIpc) is 2.72. The molecule has 1 amide bonds. The highest BCUT2D eigenvalue weighted by Gasteiger charge is 2.33. The normalized spacial score (nSPS) is 15.0. The van der Waals surface area contributed by atoms with E-state index in [2.05, 4.69) is 0 Å². The lowest BCUT2D eigenvalue weighted by Crippen LogP contribution is -2.44. The molecule has 2 aromatic carbocycles. The molecule has 8 nitrogen and oxygen atoms in total. The highest BCUT2D eigenvalue weighted by atomic mass is 16.6. The van der Waals surface area contributed by atoms with Crippen LogP contribution in [-0.2, 0) is 14.3 Å². The Morgan fingerprint density at radius 3 is 2.43 bits per heavy atom. The molecule has 2 aromatic rings. The second kappa shape index (κ2) is 8.62. The standard InChI is InChI=1S/C20H20N2O6/c1-14-6-5-9-16(22(25)26)17(14)20(24)28-18(15-7-3-2-4-8-15)19(23)21-10-12-27-13-11-21/h2-9,18H,10-13H2,1H3. The molecule has 146 valence electrons. The van der Waals surface area contributed by atoms with Crippen molar-refractivity contribution in [2.45, 2.75) is 13.0 Å². The summed E-state index contributed by atoms with van der Waals surface area (Å²) in [4.78, 5) is 38.1. The van der Waals surface area contributed by atoms with Crippen LogP contribution in [0.3, 0.4) is 0 Å². The van der Waals surface area contributed by atoms with Crippen LogP contribution in [0.4, 0.5) is 5.69 Å². The first-order valence-electron chi connectivity index (χ1n) is 8.85. The van der Waals surface area contributed by atoms with Crippen molar-refractivity contribution < 1.29 is 24.0 Å². The zero-order chi connectivity index (χ0) is 20.1. The molecule has 1 heterocycles. The predicted molar refractivity (Wildman–Crippen MR) is 99.8 cm³/mol. The average molecular weight is 384 g/mol. The van der Waals surface area contributed by atoms with E-state index in [4.69, 9.17) is 9.47 Å². The van der Waals surface area contributed by atoms with Gasteiger partial charge in [-0.05, 0) is 12.5 Å². The number of morpholine rings is 1. The largest absolute Gasteiger partial charge is 0.443 e. The van der Waals surface area contributed by atoms with Gasteiger partial charge in [0.15, 0.2) is 0 Å². The van der Waals surface area contributed by atoms with Crippen molar-refractivity contribution in [1.82, 2.24) is 4.90 Å². The Hall–Kier alpha value is -3.26. The van der Waals surface area contributed by atoms with Gasteiger partial charge in [-0.1, -0.05) is 42.5 Å². The summed E-state index contributed by atoms with van der Waals surface area (Å²) in [5.41, 5.74) is 0.409. The number of hydrogen-bond acceptors (Lipinski definition) is 6. The molecule has 1 aliphatic heterocycles. The molecule has 0 spiro atoms. The summed E-state index contributed by atoms with van der Waals surface area (Å²) in [6.07, 6.45) is -1.19. The van der Waals surface area contributed by atoms with E-state index in [0.29, 0.717) is 37.4 Å². The van der Waals surface area contributed by atoms with Crippen molar-refractivity contribution in [2.24, 2.45) is 0 Å². The predicted octanol–water partition coefficient (Wildman–Crippen LogP) is 2.66. The number of hydrogen-bond donors (Lipinski definition) is 0. The van der Waals surface area contributed by atoms with Crippen molar-refractivity contribution in [1.29, 1.82) is 0 Å². The monoisotopic (exact) mass is 384 g/mol. The maximum absolute atomic E-state index is 13.0. The molecule has 0 bridgehead atoms. The van der Waals surface area contributed by atoms with Gasteiger partial charge in [0.2, 0.25) is 6.10 Å². The number of amides is 1. The first kappa shape index (κ1) is 19.5. The molecule has 0 N–H and O–H groups in total. The quantitative estimate of drug-likeness (QED) is 0.446. The highest BCUT2D eigenvalue weighted by molar-refractivity contribution is 5.97. The van der Waals surface area contributed by atoms with E-state index in [1.165, 1.54) is 12.1 Å². The lowest BCUT2D eigenvalue weighted by atomic mass is 10.1. The van der Waals surface area contributed by atoms with E-state index in [1.807, 2.05) is 0 Å². The summed E-state index contributed by atoms with van der Waals surface area (Å²) in [5, 5.41) is 11.3. The summed E-state index contributed by atoms with van der Waals surface area (Å²) < 4.78 is 10.8. The smallest absolute Gasteiger partial charge is 0.346 e. The number of ether oxygens (including phenoxy) is 2. The van der Waals surface area contributed by atoms with Crippen molar-refractivity contribution in [2.75, 3.05) is 26.3 Å². The highest BCUT2D eigenvalue weighted by Crippen LogP contribution is 2.27. The lowest BCUT2D eigenvalue weighted by molar-refractivity contribution is -0.385. The molecule has 0 aromatic heterocycles. The number of carbonyl (C=O) groups excluding carboxylic acids is 2. The van der Waals surface area contributed by atoms with Gasteiger partial charge >= 0.3 is 5.97 Å². The van der Waals surface area contributed by atoms with Crippen LogP contribution in [0.2, 0.25) is 0 Å². The molecule has 1 fully saturated rings. The van der Waals surface area contributed by atoms with Crippen LogP contribution in [0.5, 0.6) is 0 Å². The van der Waals surface area contributed by atoms with E-state index in [9.17, 15) is 19.7 Å². The SMILES string of the molecule is Cc1cccc([N+](=O)[O-])c1C(=O)OC(C(=O)N1CCOCC1)c1ccccc1. The number of aryl methyl sites for hydroxylation is 1. The second-order valence-electron chi connectivity index (χ2n) is 6.36. The Kier molecular flexibility index (Phi) is 6.00. The van der Waals surface area contributed by atoms with Gasteiger partial charge in [-0.15, -0.1) is 0 Å². The molecule has 0 saturated carbocycles. The number of rotatable bonds is 5. The van der Waals surface area contributed by atoms with Gasteiger partial charge < -0.3 is 14.4 Å². The zero-order valence-corrected chi connectivity index (χ0v) is 15.4. The van der Waals surface area contributed by atoms with E-state index in [-0.39, 0.29) is 17.2 Å². The van der Waals surface area contributed by atoms with Gasteiger partial charge in [-0.25, -0.2) is 4.79 Å². The van der Waals surface area contributed by atoms with Crippen LogP contribution in [0.15, 0.2) is 48.5 Å². The van der Waals surface area contributed by atoms with Gasteiger partial charge in [0, 0.05) is 24.7 Å². The van der Waals surface area contributed by atoms with Crippen LogP contribution < -0.4 is 0 Å². The number of benzene rings is 2.